The molecular formula is C10H15NO5. The Morgan fingerprint density at radius 2 is 2.25 bits per heavy atom. The fraction of sp³-hybridized carbons (Fsp3) is 0.700. The number of nitrogens with zero attached hydrogens (tertiary/aromatic N) is 1. The molecule has 2 aliphatic rings. The molecule has 6 nitrogen and oxygen atoms in total. The Kier molecular flexibility index (Phi) is 3.25. The van der Waals surface area contributed by atoms with Gasteiger partial charge in [0.25, 0.3) is 0 Å². The number of rotatable bonds is 4. The largest absolute Gasteiger partial charge is 0.466 e. The molecule has 0 radical (unpaired) electrons. The molecule has 2 rings (SSSR count). The van der Waals surface area contributed by atoms with Crippen LogP contribution >= 0.6 is 0 Å². The lowest BCUT2D eigenvalue weighted by molar-refractivity contribution is -0.363. The van der Waals surface area contributed by atoms with Gasteiger partial charge in [0.1, 0.15) is 0 Å². The Labute approximate surface area is 93.3 Å². The molecule has 1 aliphatic heterocycles. The predicted octanol–water partition coefficient (Wildman–Crippen LogP) is 1.05. The molecule has 1 aliphatic carbocycles. The summed E-state index contributed by atoms with van der Waals surface area (Å²) in [6.45, 7) is 0. The highest BCUT2D eigenvalue weighted by molar-refractivity contribution is 5.81. The van der Waals surface area contributed by atoms with E-state index in [9.17, 15) is 4.79 Å². The molecule has 0 spiro atoms. The minimum absolute atomic E-state index is 0.315. The number of esters is 1. The molecule has 0 aromatic carbocycles. The zero-order chi connectivity index (χ0) is 11.6. The lowest BCUT2D eigenvalue weighted by Gasteiger charge is -2.23. The Morgan fingerprint density at radius 1 is 1.56 bits per heavy atom. The first-order valence-corrected chi connectivity index (χ1v) is 5.27. The minimum Gasteiger partial charge on any atom is -0.466 e. The molecule has 0 aromatic heterocycles. The summed E-state index contributed by atoms with van der Waals surface area (Å²) in [5.41, 5.74) is -0.731. The van der Waals surface area contributed by atoms with E-state index in [4.69, 9.17) is 10.1 Å². The van der Waals surface area contributed by atoms with Gasteiger partial charge in [0.2, 0.25) is 0 Å². The number of carbonyl (C=O) groups excluding carboxylic acids is 1. The maximum Gasteiger partial charge on any atom is 0.330 e. The molecule has 1 heterocycles. The molecule has 2 unspecified atom stereocenters. The molecule has 0 aromatic rings. The maximum absolute atomic E-state index is 10.9. The molecule has 0 amide bonds. The number of methoxy groups -OCH3 is 1. The minimum atomic E-state index is -0.731. The Hall–Kier alpha value is -0.950. The normalized spacial score (nSPS) is 31.9. The van der Waals surface area contributed by atoms with Gasteiger partial charge in [-0.15, -0.1) is 5.06 Å². The van der Waals surface area contributed by atoms with Crippen molar-refractivity contribution < 1.29 is 24.5 Å². The van der Waals surface area contributed by atoms with Crippen LogP contribution in [0.15, 0.2) is 12.2 Å². The molecule has 1 saturated carbocycles. The highest BCUT2D eigenvalue weighted by atomic mass is 17.1. The van der Waals surface area contributed by atoms with Gasteiger partial charge >= 0.3 is 5.97 Å². The highest BCUT2D eigenvalue weighted by Crippen LogP contribution is 2.43. The van der Waals surface area contributed by atoms with Crippen molar-refractivity contribution in [2.45, 2.75) is 37.6 Å². The van der Waals surface area contributed by atoms with Crippen molar-refractivity contribution in [2.75, 3.05) is 7.11 Å². The zero-order valence-corrected chi connectivity index (χ0v) is 9.09. The molecule has 2 fully saturated rings. The third-order valence-corrected chi connectivity index (χ3v) is 2.96. The summed E-state index contributed by atoms with van der Waals surface area (Å²) in [6.07, 6.45) is 6.00. The topological polar surface area (TPSA) is 71.3 Å². The van der Waals surface area contributed by atoms with Crippen molar-refractivity contribution in [2.24, 2.45) is 0 Å². The van der Waals surface area contributed by atoms with Crippen molar-refractivity contribution >= 4 is 5.97 Å². The van der Waals surface area contributed by atoms with Crippen molar-refractivity contribution in [3.05, 3.63) is 12.2 Å². The van der Waals surface area contributed by atoms with Crippen molar-refractivity contribution in [1.82, 2.24) is 5.06 Å². The van der Waals surface area contributed by atoms with Crippen LogP contribution in [0, 0.1) is 0 Å². The smallest absolute Gasteiger partial charge is 0.330 e. The van der Waals surface area contributed by atoms with Crippen LogP contribution in [0.2, 0.25) is 0 Å². The van der Waals surface area contributed by atoms with E-state index in [0.29, 0.717) is 0 Å². The van der Waals surface area contributed by atoms with E-state index < -0.39 is 11.7 Å². The second kappa shape index (κ2) is 4.50. The number of carbonyl (C=O) groups is 1. The van der Waals surface area contributed by atoms with Crippen LogP contribution in [0.3, 0.4) is 0 Å². The SMILES string of the molecule is COC(=O)/C=C\C1ON1C1(OO)CCCC1. The first-order valence-electron chi connectivity index (χ1n) is 5.27. The van der Waals surface area contributed by atoms with E-state index >= 15 is 0 Å². The summed E-state index contributed by atoms with van der Waals surface area (Å²) in [7, 11) is 1.31. The standard InChI is InChI=1S/C10H15NO5/c1-14-9(12)5-4-8-11(15-8)10(16-13)6-2-3-7-10/h4-5,8,13H,2-3,6-7H2,1H3/b5-4-. The molecule has 16 heavy (non-hydrogen) atoms. The Balaban J connectivity index is 1.90. The third-order valence-electron chi connectivity index (χ3n) is 2.96. The summed E-state index contributed by atoms with van der Waals surface area (Å²) in [6, 6.07) is 0. The first-order chi connectivity index (χ1) is 7.72. The second-order valence-corrected chi connectivity index (χ2v) is 3.95. The van der Waals surface area contributed by atoms with Gasteiger partial charge in [-0.05, 0) is 31.8 Å². The third kappa shape index (κ3) is 2.10. The highest BCUT2D eigenvalue weighted by Gasteiger charge is 2.54. The van der Waals surface area contributed by atoms with Gasteiger partial charge in [-0.1, -0.05) is 0 Å². The number of hydrogen-bond donors (Lipinski definition) is 1. The summed E-state index contributed by atoms with van der Waals surface area (Å²) >= 11 is 0. The van der Waals surface area contributed by atoms with Crippen LogP contribution in [0.25, 0.3) is 0 Å². The van der Waals surface area contributed by atoms with E-state index in [-0.39, 0.29) is 6.23 Å². The molecular weight excluding hydrogens is 214 g/mol. The van der Waals surface area contributed by atoms with Crippen LogP contribution in [0.5, 0.6) is 0 Å². The van der Waals surface area contributed by atoms with Gasteiger partial charge in [0.15, 0.2) is 12.0 Å². The molecule has 2 atom stereocenters. The van der Waals surface area contributed by atoms with Gasteiger partial charge < -0.3 is 4.74 Å². The van der Waals surface area contributed by atoms with E-state index in [1.165, 1.54) is 13.2 Å². The Bertz CT molecular complexity index is 298. The average molecular weight is 229 g/mol. The van der Waals surface area contributed by atoms with Gasteiger partial charge in [0.05, 0.1) is 7.11 Å². The van der Waals surface area contributed by atoms with Crippen LogP contribution in [-0.2, 0) is 19.3 Å². The van der Waals surface area contributed by atoms with E-state index in [1.807, 2.05) is 0 Å². The fourth-order valence-electron chi connectivity index (χ4n) is 2.04. The van der Waals surface area contributed by atoms with E-state index in [1.54, 1.807) is 11.1 Å². The van der Waals surface area contributed by atoms with Gasteiger partial charge in [-0.3, -0.25) is 4.84 Å². The van der Waals surface area contributed by atoms with Gasteiger partial charge in [-0.25, -0.2) is 14.9 Å². The summed E-state index contributed by atoms with van der Waals surface area (Å²) < 4.78 is 4.46. The van der Waals surface area contributed by atoms with Crippen LogP contribution < -0.4 is 0 Å². The lowest BCUT2D eigenvalue weighted by atomic mass is 10.2. The fourth-order valence-corrected chi connectivity index (χ4v) is 2.04. The van der Waals surface area contributed by atoms with E-state index in [0.717, 1.165) is 25.7 Å². The lowest BCUT2D eigenvalue weighted by Crippen LogP contribution is -2.37. The molecule has 0 bridgehead atoms. The second-order valence-electron chi connectivity index (χ2n) is 3.95. The van der Waals surface area contributed by atoms with E-state index in [2.05, 4.69) is 9.62 Å². The van der Waals surface area contributed by atoms with Crippen LogP contribution in [0.4, 0.5) is 0 Å². The predicted molar refractivity (Wildman–Crippen MR) is 52.8 cm³/mol. The number of hydrogen-bond acceptors (Lipinski definition) is 6. The van der Waals surface area contributed by atoms with Crippen LogP contribution in [0.1, 0.15) is 25.7 Å². The quantitative estimate of drug-likeness (QED) is 0.255. The zero-order valence-electron chi connectivity index (χ0n) is 9.09. The molecule has 6 heteroatoms. The maximum atomic E-state index is 10.9. The Morgan fingerprint density at radius 3 is 2.81 bits per heavy atom. The first kappa shape index (κ1) is 11.5. The molecule has 1 N–H and O–H groups in total. The monoisotopic (exact) mass is 229 g/mol. The van der Waals surface area contributed by atoms with Gasteiger partial charge in [0, 0.05) is 6.08 Å². The summed E-state index contributed by atoms with van der Waals surface area (Å²) in [5, 5.41) is 10.5. The van der Waals surface area contributed by atoms with Crippen molar-refractivity contribution in [3.8, 4) is 0 Å². The van der Waals surface area contributed by atoms with Crippen molar-refractivity contribution in [3.63, 3.8) is 0 Å². The van der Waals surface area contributed by atoms with Crippen LogP contribution in [-0.4, -0.2) is 35.4 Å². The summed E-state index contributed by atoms with van der Waals surface area (Å²) in [4.78, 5) is 20.6. The molecule has 90 valence electrons. The summed E-state index contributed by atoms with van der Waals surface area (Å²) in [5.74, 6) is -0.430. The average Bonchev–Trinajstić information content (AvgIpc) is 2.94. The number of hydroxylamine groups is 2. The van der Waals surface area contributed by atoms with Crippen molar-refractivity contribution in [1.29, 1.82) is 0 Å². The van der Waals surface area contributed by atoms with Gasteiger partial charge in [-0.2, -0.15) is 0 Å². The number of ether oxygens (including phenoxy) is 1. The molecule has 1 saturated heterocycles.